The van der Waals surface area contributed by atoms with Crippen molar-refractivity contribution in [3.63, 3.8) is 0 Å². The van der Waals surface area contributed by atoms with Crippen LogP contribution in [0.4, 0.5) is 0 Å². The molecule has 3 fully saturated rings. The summed E-state index contributed by atoms with van der Waals surface area (Å²) in [5, 5.41) is 3.66. The van der Waals surface area contributed by atoms with E-state index >= 15 is 0 Å². The first-order chi connectivity index (χ1) is 9.64. The lowest BCUT2D eigenvalue weighted by Crippen LogP contribution is -2.67. The largest absolute Gasteiger partial charge is 0.340 e. The number of nitrogens with zero attached hydrogens (tertiary/aromatic N) is 1. The summed E-state index contributed by atoms with van der Waals surface area (Å²) < 4.78 is 0. The zero-order chi connectivity index (χ0) is 14.2. The molecule has 1 N–H and O–H groups in total. The van der Waals surface area contributed by atoms with Crippen LogP contribution in [0.5, 0.6) is 0 Å². The highest BCUT2D eigenvalue weighted by Crippen LogP contribution is 2.38. The Hall–Kier alpha value is -0.710. The van der Waals surface area contributed by atoms with Gasteiger partial charge in [0.1, 0.15) is 5.54 Å². The molecule has 3 rings (SSSR count). The Bertz CT molecular complexity index is 407. The van der Waals surface area contributed by atoms with Crippen LogP contribution < -0.4 is 5.32 Å². The second kappa shape index (κ2) is 5.58. The number of amides is 2. The van der Waals surface area contributed by atoms with Crippen molar-refractivity contribution < 1.29 is 9.59 Å². The Kier molecular flexibility index (Phi) is 3.98. The Morgan fingerprint density at radius 1 is 1.30 bits per heavy atom. The molecule has 20 heavy (non-hydrogen) atoms. The van der Waals surface area contributed by atoms with E-state index in [2.05, 4.69) is 12.2 Å². The van der Waals surface area contributed by atoms with Gasteiger partial charge in [0, 0.05) is 11.3 Å². The standard InChI is InChI=1S/C15H24N2O2S/c1-2-20-12-6-5-11(9-12)17-10-13(18)16-15(14(17)19)7-3-4-8-15/h11-12H,2-10H2,1H3,(H,16,18). The maximum atomic E-state index is 12.9. The molecule has 0 aromatic rings. The van der Waals surface area contributed by atoms with Crippen molar-refractivity contribution in [2.45, 2.75) is 68.7 Å². The van der Waals surface area contributed by atoms with Crippen LogP contribution in [0.1, 0.15) is 51.9 Å². The Morgan fingerprint density at radius 2 is 2.05 bits per heavy atom. The average Bonchev–Trinajstić information content (AvgIpc) is 3.05. The third kappa shape index (κ3) is 2.45. The molecular formula is C15H24N2O2S. The summed E-state index contributed by atoms with van der Waals surface area (Å²) in [5.74, 6) is 1.37. The van der Waals surface area contributed by atoms with Gasteiger partial charge in [-0.3, -0.25) is 9.59 Å². The first-order valence-corrected chi connectivity index (χ1v) is 8.93. The highest BCUT2D eigenvalue weighted by Gasteiger charge is 2.50. The second-order valence-electron chi connectivity index (χ2n) is 6.31. The molecular weight excluding hydrogens is 272 g/mol. The fourth-order valence-corrected chi connectivity index (χ4v) is 5.19. The minimum absolute atomic E-state index is 0.0399. The van der Waals surface area contributed by atoms with Crippen LogP contribution in [-0.4, -0.2) is 45.8 Å². The van der Waals surface area contributed by atoms with Crippen molar-refractivity contribution in [2.75, 3.05) is 12.3 Å². The van der Waals surface area contributed by atoms with Crippen molar-refractivity contribution in [3.8, 4) is 0 Å². The monoisotopic (exact) mass is 296 g/mol. The fourth-order valence-electron chi connectivity index (χ4n) is 4.06. The van der Waals surface area contributed by atoms with E-state index in [0.717, 1.165) is 44.3 Å². The van der Waals surface area contributed by atoms with Gasteiger partial charge in [-0.2, -0.15) is 11.8 Å². The van der Waals surface area contributed by atoms with Crippen molar-refractivity contribution in [2.24, 2.45) is 0 Å². The van der Waals surface area contributed by atoms with Crippen LogP contribution in [0, 0.1) is 0 Å². The van der Waals surface area contributed by atoms with Gasteiger partial charge in [-0.1, -0.05) is 19.8 Å². The smallest absolute Gasteiger partial charge is 0.249 e. The van der Waals surface area contributed by atoms with Gasteiger partial charge in [0.15, 0.2) is 0 Å². The molecule has 1 heterocycles. The predicted octanol–water partition coefficient (Wildman–Crippen LogP) is 1.93. The topological polar surface area (TPSA) is 49.4 Å². The summed E-state index contributed by atoms with van der Waals surface area (Å²) in [7, 11) is 0. The van der Waals surface area contributed by atoms with Gasteiger partial charge >= 0.3 is 0 Å². The first kappa shape index (κ1) is 14.2. The molecule has 0 bridgehead atoms. The van der Waals surface area contributed by atoms with E-state index in [1.807, 2.05) is 16.7 Å². The molecule has 1 saturated heterocycles. The zero-order valence-corrected chi connectivity index (χ0v) is 13.0. The average molecular weight is 296 g/mol. The van der Waals surface area contributed by atoms with Crippen LogP contribution in [0.25, 0.3) is 0 Å². The molecule has 2 amide bonds. The lowest BCUT2D eigenvalue weighted by atomic mass is 9.92. The lowest BCUT2D eigenvalue weighted by molar-refractivity contribution is -0.152. The SMILES string of the molecule is CCSC1CCC(N2CC(=O)NC3(CCCC3)C2=O)C1. The quantitative estimate of drug-likeness (QED) is 0.866. The summed E-state index contributed by atoms with van der Waals surface area (Å²) >= 11 is 1.99. The molecule has 2 aliphatic carbocycles. The number of rotatable bonds is 3. The molecule has 0 aromatic heterocycles. The Labute approximate surface area is 125 Å². The molecule has 2 saturated carbocycles. The van der Waals surface area contributed by atoms with E-state index in [1.165, 1.54) is 6.42 Å². The third-order valence-electron chi connectivity index (χ3n) is 5.02. The highest BCUT2D eigenvalue weighted by atomic mass is 32.2. The summed E-state index contributed by atoms with van der Waals surface area (Å²) in [6, 6.07) is 0.287. The van der Waals surface area contributed by atoms with E-state index in [9.17, 15) is 9.59 Å². The van der Waals surface area contributed by atoms with Crippen LogP contribution >= 0.6 is 11.8 Å². The van der Waals surface area contributed by atoms with Crippen molar-refractivity contribution in [1.29, 1.82) is 0 Å². The predicted molar refractivity (Wildman–Crippen MR) is 80.6 cm³/mol. The summed E-state index contributed by atoms with van der Waals surface area (Å²) in [5.41, 5.74) is -0.550. The molecule has 4 nitrogen and oxygen atoms in total. The zero-order valence-electron chi connectivity index (χ0n) is 12.2. The molecule has 0 aromatic carbocycles. The molecule has 1 aliphatic heterocycles. The molecule has 5 heteroatoms. The number of nitrogens with one attached hydrogen (secondary N) is 1. The molecule has 3 aliphatic rings. The summed E-state index contributed by atoms with van der Waals surface area (Å²) in [6.45, 7) is 2.46. The van der Waals surface area contributed by atoms with Gasteiger partial charge in [-0.25, -0.2) is 0 Å². The number of hydrogen-bond acceptors (Lipinski definition) is 3. The minimum Gasteiger partial charge on any atom is -0.340 e. The highest BCUT2D eigenvalue weighted by molar-refractivity contribution is 7.99. The van der Waals surface area contributed by atoms with Gasteiger partial charge in [-0.15, -0.1) is 0 Å². The minimum atomic E-state index is -0.550. The van der Waals surface area contributed by atoms with Crippen molar-refractivity contribution in [3.05, 3.63) is 0 Å². The molecule has 1 spiro atoms. The Morgan fingerprint density at radius 3 is 2.75 bits per heavy atom. The van der Waals surface area contributed by atoms with E-state index in [0.29, 0.717) is 5.25 Å². The summed E-state index contributed by atoms with van der Waals surface area (Å²) in [6.07, 6.45) is 7.07. The number of carbonyl (C=O) groups excluding carboxylic acids is 2. The first-order valence-electron chi connectivity index (χ1n) is 7.88. The van der Waals surface area contributed by atoms with E-state index < -0.39 is 5.54 Å². The molecule has 2 unspecified atom stereocenters. The molecule has 2 atom stereocenters. The van der Waals surface area contributed by atoms with Crippen LogP contribution in [0.15, 0.2) is 0 Å². The van der Waals surface area contributed by atoms with Crippen LogP contribution in [0.3, 0.4) is 0 Å². The van der Waals surface area contributed by atoms with Gasteiger partial charge < -0.3 is 10.2 Å². The van der Waals surface area contributed by atoms with Crippen molar-refractivity contribution in [1.82, 2.24) is 10.2 Å². The van der Waals surface area contributed by atoms with E-state index in [-0.39, 0.29) is 24.4 Å². The van der Waals surface area contributed by atoms with E-state index in [1.54, 1.807) is 0 Å². The van der Waals surface area contributed by atoms with Gasteiger partial charge in [-0.05, 0) is 37.9 Å². The van der Waals surface area contributed by atoms with Gasteiger partial charge in [0.05, 0.1) is 6.54 Å². The number of hydrogen-bond donors (Lipinski definition) is 1. The maximum Gasteiger partial charge on any atom is 0.249 e. The van der Waals surface area contributed by atoms with Crippen LogP contribution in [-0.2, 0) is 9.59 Å². The Balaban J connectivity index is 1.72. The number of thioether (sulfide) groups is 1. The third-order valence-corrected chi connectivity index (χ3v) is 6.25. The molecule has 0 radical (unpaired) electrons. The van der Waals surface area contributed by atoms with Crippen LogP contribution in [0.2, 0.25) is 0 Å². The van der Waals surface area contributed by atoms with E-state index in [4.69, 9.17) is 0 Å². The van der Waals surface area contributed by atoms with Gasteiger partial charge in [0.25, 0.3) is 0 Å². The van der Waals surface area contributed by atoms with Crippen molar-refractivity contribution >= 4 is 23.6 Å². The maximum absolute atomic E-state index is 12.9. The number of carbonyl (C=O) groups is 2. The second-order valence-corrected chi connectivity index (χ2v) is 7.89. The van der Waals surface area contributed by atoms with Gasteiger partial charge in [0.2, 0.25) is 11.8 Å². The molecule has 112 valence electrons. The fraction of sp³-hybridized carbons (Fsp3) is 0.867. The normalized spacial score (nSPS) is 33.0. The lowest BCUT2D eigenvalue weighted by Gasteiger charge is -2.42. The number of piperazine rings is 1. The summed E-state index contributed by atoms with van der Waals surface area (Å²) in [4.78, 5) is 26.8.